The number of nitrogen functional groups attached to an aromatic ring is 1. The molecule has 5 N–H and O–H groups in total. The van der Waals surface area contributed by atoms with Gasteiger partial charge in [-0.2, -0.15) is 4.98 Å². The fourth-order valence-electron chi connectivity index (χ4n) is 3.61. The van der Waals surface area contributed by atoms with Crippen LogP contribution in [-0.2, 0) is 0 Å². The Kier molecular flexibility index (Phi) is 12.8. The summed E-state index contributed by atoms with van der Waals surface area (Å²) in [5, 5.41) is 6.10. The lowest BCUT2D eigenvalue weighted by atomic mass is 9.91. The van der Waals surface area contributed by atoms with Crippen molar-refractivity contribution in [1.29, 1.82) is 0 Å². The van der Waals surface area contributed by atoms with Crippen molar-refractivity contribution in [3.63, 3.8) is 0 Å². The zero-order valence-corrected chi connectivity index (χ0v) is 21.6. The van der Waals surface area contributed by atoms with E-state index in [9.17, 15) is 4.79 Å². The number of halogens is 1. The third kappa shape index (κ3) is 9.20. The normalized spacial score (nSPS) is 17.9. The number of ketones is 1. The van der Waals surface area contributed by atoms with Crippen molar-refractivity contribution in [1.82, 2.24) is 15.3 Å². The van der Waals surface area contributed by atoms with Gasteiger partial charge in [0.2, 0.25) is 0 Å². The number of hydrazine groups is 1. The van der Waals surface area contributed by atoms with Crippen molar-refractivity contribution in [2.75, 3.05) is 12.8 Å². The molecule has 3 rings (SSSR count). The van der Waals surface area contributed by atoms with Gasteiger partial charge in [-0.1, -0.05) is 44.5 Å². The molecule has 1 aliphatic rings. The number of aryl methyl sites for hydroxylation is 1. The van der Waals surface area contributed by atoms with Crippen LogP contribution in [0.1, 0.15) is 81.4 Å². The van der Waals surface area contributed by atoms with Gasteiger partial charge in [0, 0.05) is 30.2 Å². The molecule has 0 unspecified atom stereocenters. The Hall–Kier alpha value is -2.35. The van der Waals surface area contributed by atoms with Gasteiger partial charge in [-0.3, -0.25) is 4.79 Å². The quantitative estimate of drug-likeness (QED) is 0.282. The van der Waals surface area contributed by atoms with Crippen molar-refractivity contribution in [3.8, 4) is 0 Å². The zero-order chi connectivity index (χ0) is 25.0. The molecule has 0 bridgehead atoms. The van der Waals surface area contributed by atoms with Crippen molar-refractivity contribution < 1.29 is 9.21 Å². The number of hydrogen-bond donors (Lipinski definition) is 3. The van der Waals surface area contributed by atoms with Crippen molar-refractivity contribution in [2.45, 2.75) is 78.8 Å². The maximum Gasteiger partial charge on any atom is 0.292 e. The number of allylic oxidation sites excluding steroid dienone is 1. The van der Waals surface area contributed by atoms with Crippen LogP contribution < -0.4 is 16.9 Å². The SMILES string of the molecule is CC.CC(=O)c1coc(N)n1.CC/C(=C\N(N)C1CCC(NC)CC1)c1ccc(Cl)c(C)c1. The Morgan fingerprint density at radius 2 is 1.94 bits per heavy atom. The van der Waals surface area contributed by atoms with Crippen molar-refractivity contribution in [3.05, 3.63) is 52.5 Å². The van der Waals surface area contributed by atoms with E-state index in [1.165, 1.54) is 37.2 Å². The first-order valence-electron chi connectivity index (χ1n) is 11.6. The minimum Gasteiger partial charge on any atom is -0.432 e. The molecule has 1 aromatic heterocycles. The fourth-order valence-corrected chi connectivity index (χ4v) is 3.73. The number of carbonyl (C=O) groups is 1. The lowest BCUT2D eigenvalue weighted by Gasteiger charge is -2.34. The van der Waals surface area contributed by atoms with Crippen LogP contribution in [0, 0.1) is 6.92 Å². The molecule has 0 amide bonds. The van der Waals surface area contributed by atoms with Gasteiger partial charge in [0.25, 0.3) is 6.01 Å². The van der Waals surface area contributed by atoms with Gasteiger partial charge >= 0.3 is 0 Å². The molecule has 8 heteroatoms. The number of rotatable bonds is 6. The topological polar surface area (TPSA) is 110 Å². The van der Waals surface area contributed by atoms with Crippen molar-refractivity contribution in [2.24, 2.45) is 5.84 Å². The van der Waals surface area contributed by atoms with Gasteiger partial charge in [-0.25, -0.2) is 5.84 Å². The number of anilines is 1. The van der Waals surface area contributed by atoms with Gasteiger partial charge in [0.15, 0.2) is 5.78 Å². The number of aromatic nitrogens is 1. The molecule has 7 nitrogen and oxygen atoms in total. The Balaban J connectivity index is 0.000000412. The molecule has 0 atom stereocenters. The lowest BCUT2D eigenvalue weighted by Crippen LogP contribution is -2.42. The molecule has 1 fully saturated rings. The van der Waals surface area contributed by atoms with E-state index >= 15 is 0 Å². The van der Waals surface area contributed by atoms with E-state index in [1.54, 1.807) is 0 Å². The second-order valence-electron chi connectivity index (χ2n) is 7.84. The second kappa shape index (κ2) is 14.7. The van der Waals surface area contributed by atoms with Gasteiger partial charge in [-0.05, 0) is 68.8 Å². The zero-order valence-electron chi connectivity index (χ0n) is 20.8. The molecule has 33 heavy (non-hydrogen) atoms. The molecule has 1 saturated carbocycles. The molecule has 2 aromatic rings. The van der Waals surface area contributed by atoms with Crippen LogP contribution >= 0.6 is 11.6 Å². The summed E-state index contributed by atoms with van der Waals surface area (Å²) in [6, 6.07) is 7.31. The maximum atomic E-state index is 10.5. The summed E-state index contributed by atoms with van der Waals surface area (Å²) < 4.78 is 4.57. The molecule has 0 aliphatic heterocycles. The van der Waals surface area contributed by atoms with Crippen molar-refractivity contribution >= 4 is 29.0 Å². The number of oxazole rings is 1. The average Bonchev–Trinajstić information content (AvgIpc) is 3.27. The van der Waals surface area contributed by atoms with E-state index in [4.69, 9.17) is 23.2 Å². The first-order valence-corrected chi connectivity index (χ1v) is 12.0. The molecule has 1 heterocycles. The largest absolute Gasteiger partial charge is 0.432 e. The van der Waals surface area contributed by atoms with E-state index < -0.39 is 0 Å². The van der Waals surface area contributed by atoms with Crippen LogP contribution in [-0.4, -0.2) is 34.9 Å². The second-order valence-corrected chi connectivity index (χ2v) is 8.25. The van der Waals surface area contributed by atoms with Crippen LogP contribution in [0.15, 0.2) is 35.1 Å². The predicted molar refractivity (Wildman–Crippen MR) is 138 cm³/mol. The first-order chi connectivity index (χ1) is 15.7. The van der Waals surface area contributed by atoms with Gasteiger partial charge in [0.05, 0.1) is 0 Å². The number of benzene rings is 1. The standard InChI is InChI=1S/C18H28ClN3.C5H6N2O2.C2H6/c1-4-14(15-5-10-18(19)13(2)11-15)12-22(20)17-8-6-16(21-3)7-9-17;1-3(8)4-2-9-5(6)7-4;1-2/h5,10-12,16-17,21H,4,6-9,20H2,1-3H3;2H,1H3,(H2,6,7);1-2H3/b14-12+;;. The summed E-state index contributed by atoms with van der Waals surface area (Å²) in [7, 11) is 2.04. The van der Waals surface area contributed by atoms with E-state index in [-0.39, 0.29) is 17.5 Å². The molecular weight excluding hydrogens is 438 g/mol. The Morgan fingerprint density at radius 1 is 1.30 bits per heavy atom. The highest BCUT2D eigenvalue weighted by molar-refractivity contribution is 6.31. The predicted octanol–water partition coefficient (Wildman–Crippen LogP) is 5.59. The summed E-state index contributed by atoms with van der Waals surface area (Å²) >= 11 is 6.12. The van der Waals surface area contributed by atoms with E-state index in [1.807, 2.05) is 38.9 Å². The van der Waals surface area contributed by atoms with Crippen LogP contribution in [0.5, 0.6) is 0 Å². The van der Waals surface area contributed by atoms with Crippen LogP contribution in [0.25, 0.3) is 5.57 Å². The third-order valence-electron chi connectivity index (χ3n) is 5.62. The Bertz CT molecular complexity index is 889. The van der Waals surface area contributed by atoms with Gasteiger partial charge in [-0.15, -0.1) is 0 Å². The fraction of sp³-hybridized carbons (Fsp3) is 0.520. The molecule has 184 valence electrons. The summed E-state index contributed by atoms with van der Waals surface area (Å²) in [4.78, 5) is 14.1. The highest BCUT2D eigenvalue weighted by atomic mass is 35.5. The highest BCUT2D eigenvalue weighted by Gasteiger charge is 2.22. The Labute approximate surface area is 203 Å². The molecule has 1 aliphatic carbocycles. The Morgan fingerprint density at radius 3 is 2.36 bits per heavy atom. The third-order valence-corrected chi connectivity index (χ3v) is 6.05. The van der Waals surface area contributed by atoms with Crippen LogP contribution in [0.4, 0.5) is 6.01 Å². The molecule has 0 spiro atoms. The number of hydrogen-bond acceptors (Lipinski definition) is 7. The molecule has 0 saturated heterocycles. The smallest absolute Gasteiger partial charge is 0.292 e. The van der Waals surface area contributed by atoms with Crippen LogP contribution in [0.2, 0.25) is 5.02 Å². The minimum absolute atomic E-state index is 0.0280. The number of nitrogens with zero attached hydrogens (tertiary/aromatic N) is 2. The maximum absolute atomic E-state index is 10.5. The first kappa shape index (κ1) is 28.7. The average molecular weight is 478 g/mol. The number of carbonyl (C=O) groups excluding carboxylic acids is 1. The summed E-state index contributed by atoms with van der Waals surface area (Å²) in [6.45, 7) is 9.61. The molecule has 1 aromatic carbocycles. The van der Waals surface area contributed by atoms with E-state index in [2.05, 4.69) is 40.0 Å². The van der Waals surface area contributed by atoms with E-state index in [0.717, 1.165) is 29.8 Å². The number of Topliss-reactive ketones (excluding diaryl/α,β-unsaturated/α-hetero) is 1. The lowest BCUT2D eigenvalue weighted by molar-refractivity contribution is 0.101. The summed E-state index contributed by atoms with van der Waals surface area (Å²) in [6.07, 6.45) is 9.00. The van der Waals surface area contributed by atoms with Gasteiger partial charge in [0.1, 0.15) is 12.0 Å². The summed E-state index contributed by atoms with van der Waals surface area (Å²) in [5.41, 5.74) is 8.94. The summed E-state index contributed by atoms with van der Waals surface area (Å²) in [5.74, 6) is 6.18. The monoisotopic (exact) mass is 477 g/mol. The molecule has 0 radical (unpaired) electrons. The molecular formula is C25H40ClN5O2. The van der Waals surface area contributed by atoms with E-state index in [0.29, 0.717) is 12.1 Å². The highest BCUT2D eigenvalue weighted by Crippen LogP contribution is 2.26. The number of nitrogens with one attached hydrogen (secondary N) is 1. The number of nitrogens with two attached hydrogens (primary N) is 2. The minimum atomic E-state index is -0.143. The van der Waals surface area contributed by atoms with Gasteiger partial charge < -0.3 is 20.5 Å². The van der Waals surface area contributed by atoms with Crippen LogP contribution in [0.3, 0.4) is 0 Å².